The third-order valence-electron chi connectivity index (χ3n) is 6.57. The van der Waals surface area contributed by atoms with Crippen LogP contribution in [0.25, 0.3) is 33.4 Å². The number of amides is 1. The summed E-state index contributed by atoms with van der Waals surface area (Å²) in [6, 6.07) is 18.4. The highest BCUT2D eigenvalue weighted by Gasteiger charge is 2.23. The van der Waals surface area contributed by atoms with Gasteiger partial charge in [-0.15, -0.1) is 0 Å². The van der Waals surface area contributed by atoms with Gasteiger partial charge in [0.1, 0.15) is 29.0 Å². The summed E-state index contributed by atoms with van der Waals surface area (Å²) in [5.41, 5.74) is 9.21. The molecular formula is C30H30N3O6+. The predicted octanol–water partition coefficient (Wildman–Crippen LogP) is 4.88. The molecule has 0 fully saturated rings. The van der Waals surface area contributed by atoms with Gasteiger partial charge >= 0.3 is 0 Å². The second-order valence-electron chi connectivity index (χ2n) is 9.16. The van der Waals surface area contributed by atoms with Crippen LogP contribution in [-0.2, 0) is 11.2 Å². The minimum Gasteiger partial charge on any atom is -0.495 e. The van der Waals surface area contributed by atoms with E-state index in [1.807, 2.05) is 61.5 Å². The van der Waals surface area contributed by atoms with Crippen LogP contribution >= 0.6 is 0 Å². The average molecular weight is 529 g/mol. The number of para-hydroxylation sites is 1. The molecule has 1 amide bonds. The summed E-state index contributed by atoms with van der Waals surface area (Å²) in [5.74, 6) is 2.21. The highest BCUT2D eigenvalue weighted by Crippen LogP contribution is 2.40. The molecule has 0 aliphatic heterocycles. The number of ether oxygens (including phenoxy) is 3. The van der Waals surface area contributed by atoms with Crippen molar-refractivity contribution >= 4 is 22.6 Å². The monoisotopic (exact) mass is 528 g/mol. The van der Waals surface area contributed by atoms with Gasteiger partial charge in [-0.3, -0.25) is 4.79 Å². The summed E-state index contributed by atoms with van der Waals surface area (Å²) in [6.07, 6.45) is 1.93. The fourth-order valence-corrected chi connectivity index (χ4v) is 4.62. The van der Waals surface area contributed by atoms with Gasteiger partial charge < -0.3 is 34.2 Å². The first kappa shape index (κ1) is 25.9. The zero-order valence-corrected chi connectivity index (χ0v) is 22.2. The Hall–Kier alpha value is -4.76. The number of quaternary nitrogens is 1. The maximum absolute atomic E-state index is 13.1. The van der Waals surface area contributed by atoms with Gasteiger partial charge in [0.25, 0.3) is 5.91 Å². The molecule has 0 aliphatic carbocycles. The fourth-order valence-electron chi connectivity index (χ4n) is 4.62. The third-order valence-corrected chi connectivity index (χ3v) is 6.57. The molecule has 0 spiro atoms. The van der Waals surface area contributed by atoms with Crippen LogP contribution in [0.2, 0.25) is 0 Å². The van der Waals surface area contributed by atoms with Gasteiger partial charge in [-0.05, 0) is 54.4 Å². The van der Waals surface area contributed by atoms with Crippen LogP contribution in [0, 0.1) is 6.92 Å². The summed E-state index contributed by atoms with van der Waals surface area (Å²) in [7, 11) is 4.75. The lowest BCUT2D eigenvalue weighted by Crippen LogP contribution is -2.67. The third kappa shape index (κ3) is 5.17. The molecule has 0 radical (unpaired) electrons. The van der Waals surface area contributed by atoms with Crippen LogP contribution in [0.1, 0.15) is 11.3 Å². The largest absolute Gasteiger partial charge is 0.495 e. The molecule has 5 aromatic rings. The minimum atomic E-state index is -0.584. The maximum atomic E-state index is 13.1. The van der Waals surface area contributed by atoms with Crippen LogP contribution in [-0.4, -0.2) is 38.4 Å². The first-order valence-corrected chi connectivity index (χ1v) is 12.4. The Balaban J connectivity index is 1.41. The number of aromatic nitrogens is 1. The van der Waals surface area contributed by atoms with Gasteiger partial charge in [0, 0.05) is 16.5 Å². The number of benzene rings is 3. The van der Waals surface area contributed by atoms with E-state index >= 15 is 0 Å². The lowest BCUT2D eigenvalue weighted by Gasteiger charge is -2.14. The smallest absolute Gasteiger partial charge is 0.283 e. The van der Waals surface area contributed by atoms with Crippen LogP contribution in [0.3, 0.4) is 0 Å². The number of anilines is 1. The molecule has 0 bridgehead atoms. The summed E-state index contributed by atoms with van der Waals surface area (Å²) < 4.78 is 27.7. The average Bonchev–Trinajstić information content (AvgIpc) is 3.59. The highest BCUT2D eigenvalue weighted by atomic mass is 16.5. The minimum absolute atomic E-state index is 0.257. The molecule has 5 rings (SSSR count). The van der Waals surface area contributed by atoms with Crippen LogP contribution < -0.4 is 25.3 Å². The fraction of sp³-hybridized carbons (Fsp3) is 0.200. The molecule has 2 heterocycles. The van der Waals surface area contributed by atoms with Gasteiger partial charge in [0.15, 0.2) is 17.5 Å². The Kier molecular flexibility index (Phi) is 7.25. The Labute approximate surface area is 225 Å². The van der Waals surface area contributed by atoms with Gasteiger partial charge in [-0.25, -0.2) is 0 Å². The van der Waals surface area contributed by atoms with Gasteiger partial charge in [0.2, 0.25) is 0 Å². The molecule has 39 heavy (non-hydrogen) atoms. The molecule has 9 heteroatoms. The molecule has 3 aromatic carbocycles. The first-order valence-electron chi connectivity index (χ1n) is 12.4. The van der Waals surface area contributed by atoms with Crippen molar-refractivity contribution in [2.45, 2.75) is 19.4 Å². The van der Waals surface area contributed by atoms with Gasteiger partial charge in [0.05, 0.1) is 33.4 Å². The van der Waals surface area contributed by atoms with Crippen LogP contribution in [0.15, 0.2) is 75.9 Å². The number of fused-ring (bicyclic) bond motifs is 1. The van der Waals surface area contributed by atoms with Crippen LogP contribution in [0.4, 0.5) is 5.69 Å². The molecule has 2 aromatic heterocycles. The van der Waals surface area contributed by atoms with Crippen molar-refractivity contribution < 1.29 is 33.7 Å². The highest BCUT2D eigenvalue weighted by molar-refractivity contribution is 5.96. The summed E-state index contributed by atoms with van der Waals surface area (Å²) >= 11 is 0. The Morgan fingerprint density at radius 2 is 1.77 bits per heavy atom. The topological polar surface area (TPSA) is 124 Å². The maximum Gasteiger partial charge on any atom is 0.283 e. The molecule has 0 saturated heterocycles. The van der Waals surface area contributed by atoms with E-state index in [4.69, 9.17) is 23.2 Å². The second-order valence-corrected chi connectivity index (χ2v) is 9.16. The quantitative estimate of drug-likeness (QED) is 0.279. The molecule has 0 saturated carbocycles. The summed E-state index contributed by atoms with van der Waals surface area (Å²) in [5, 5.41) is 8.20. The van der Waals surface area contributed by atoms with E-state index in [0.29, 0.717) is 40.8 Å². The van der Waals surface area contributed by atoms with Gasteiger partial charge in [-0.1, -0.05) is 29.4 Å². The van der Waals surface area contributed by atoms with Crippen molar-refractivity contribution in [3.8, 4) is 39.6 Å². The molecule has 1 atom stereocenters. The number of nitrogens with zero attached hydrogens (tertiary/aromatic N) is 1. The van der Waals surface area contributed by atoms with E-state index in [0.717, 1.165) is 33.2 Å². The van der Waals surface area contributed by atoms with Crippen molar-refractivity contribution in [3.63, 3.8) is 0 Å². The van der Waals surface area contributed by atoms with E-state index in [1.165, 1.54) is 0 Å². The Morgan fingerprint density at radius 3 is 2.51 bits per heavy atom. The number of furan rings is 1. The van der Waals surface area contributed by atoms with E-state index in [2.05, 4.69) is 16.2 Å². The van der Waals surface area contributed by atoms with Gasteiger partial charge in [-0.2, -0.15) is 0 Å². The number of aryl methyl sites for hydroxylation is 1. The van der Waals surface area contributed by atoms with E-state index in [9.17, 15) is 4.79 Å². The van der Waals surface area contributed by atoms with Crippen LogP contribution in [0.5, 0.6) is 17.2 Å². The molecule has 200 valence electrons. The number of rotatable bonds is 9. The second kappa shape index (κ2) is 10.9. The van der Waals surface area contributed by atoms with Crippen molar-refractivity contribution in [1.29, 1.82) is 0 Å². The van der Waals surface area contributed by atoms with E-state index in [-0.39, 0.29) is 5.91 Å². The number of carbonyl (C=O) groups excluding carboxylic acids is 1. The first-order chi connectivity index (χ1) is 18.9. The number of methoxy groups -OCH3 is 3. The van der Waals surface area contributed by atoms with E-state index < -0.39 is 6.04 Å². The van der Waals surface area contributed by atoms with E-state index in [1.54, 1.807) is 33.7 Å². The van der Waals surface area contributed by atoms with Crippen molar-refractivity contribution in [2.75, 3.05) is 26.6 Å². The van der Waals surface area contributed by atoms with Crippen molar-refractivity contribution in [3.05, 3.63) is 78.3 Å². The number of hydrogen-bond acceptors (Lipinski definition) is 7. The van der Waals surface area contributed by atoms with Crippen molar-refractivity contribution in [2.24, 2.45) is 0 Å². The summed E-state index contributed by atoms with van der Waals surface area (Å²) in [4.78, 5) is 13.1. The zero-order valence-electron chi connectivity index (χ0n) is 22.2. The van der Waals surface area contributed by atoms with Crippen molar-refractivity contribution in [1.82, 2.24) is 5.16 Å². The molecule has 4 N–H and O–H groups in total. The SMILES string of the molecule is COc1ccc(-c2conc2-c2cc(C)c(OC)c(OC)c2)cc1NC(=O)C([NH3+])Cc1cc2ccccc2o1. The molecule has 1 unspecified atom stereocenters. The summed E-state index contributed by atoms with van der Waals surface area (Å²) in [6.45, 7) is 1.94. The lowest BCUT2D eigenvalue weighted by atomic mass is 9.99. The number of carbonyl (C=O) groups is 1. The number of hydrogen-bond donors (Lipinski definition) is 2. The zero-order chi connectivity index (χ0) is 27.5. The Morgan fingerprint density at radius 1 is 0.974 bits per heavy atom. The lowest BCUT2D eigenvalue weighted by molar-refractivity contribution is -0.402. The molecular weight excluding hydrogens is 498 g/mol. The number of nitrogens with one attached hydrogen (secondary N) is 1. The molecule has 0 aliphatic rings. The standard InChI is InChI=1S/C30H29N3O6/c1-17-11-20(14-27(36-3)29(17)37-4)28-22(16-38-33-28)18-9-10-26(35-2)24(13-18)32-30(34)23(31)15-21-12-19-7-5-6-8-25(19)39-21/h5-14,16,23H,15,31H2,1-4H3,(H,32,34)/p+1. The Bertz CT molecular complexity index is 1600. The normalized spacial score (nSPS) is 11.8. The predicted molar refractivity (Wildman–Crippen MR) is 147 cm³/mol. The molecule has 9 nitrogen and oxygen atoms in total.